The van der Waals surface area contributed by atoms with Gasteiger partial charge in [0.25, 0.3) is 0 Å². The number of carbonyl (C=O) groups excluding carboxylic acids is 1. The molecule has 0 aliphatic rings. The van der Waals surface area contributed by atoms with Crippen molar-refractivity contribution in [2.24, 2.45) is 5.73 Å². The van der Waals surface area contributed by atoms with E-state index in [9.17, 15) is 18.0 Å². The summed E-state index contributed by atoms with van der Waals surface area (Å²) < 4.78 is 42.9. The van der Waals surface area contributed by atoms with Crippen LogP contribution in [0.4, 0.5) is 13.2 Å². The number of hydrogen-bond acceptors (Lipinski definition) is 3. The van der Waals surface area contributed by atoms with Gasteiger partial charge in [-0.15, -0.1) is 0 Å². The highest BCUT2D eigenvalue weighted by atomic mass is 79.9. The number of benzene rings is 1. The van der Waals surface area contributed by atoms with E-state index in [4.69, 9.17) is 5.73 Å². The average molecular weight is 312 g/mol. The second-order valence-electron chi connectivity index (χ2n) is 3.16. The van der Waals surface area contributed by atoms with Gasteiger partial charge in [0.2, 0.25) is 0 Å². The summed E-state index contributed by atoms with van der Waals surface area (Å²) in [6, 6.07) is 1.99. The first kappa shape index (κ1) is 14.0. The molecule has 0 fully saturated rings. The Hall–Kier alpha value is -1.08. The Morgan fingerprint density at radius 3 is 2.47 bits per heavy atom. The molecule has 0 heterocycles. The van der Waals surface area contributed by atoms with Crippen LogP contribution in [0.2, 0.25) is 0 Å². The molecule has 2 N–H and O–H groups in total. The molecule has 0 aliphatic carbocycles. The highest BCUT2D eigenvalue weighted by Gasteiger charge is 2.36. The number of halogens is 4. The number of methoxy groups -OCH3 is 1. The summed E-state index contributed by atoms with van der Waals surface area (Å²) >= 11 is 2.93. The van der Waals surface area contributed by atoms with Gasteiger partial charge >= 0.3 is 6.18 Å². The van der Waals surface area contributed by atoms with Gasteiger partial charge in [0, 0.05) is 5.56 Å². The lowest BCUT2D eigenvalue weighted by molar-refractivity contribution is -0.138. The molecule has 0 saturated carbocycles. The molecule has 0 aliphatic heterocycles. The largest absolute Gasteiger partial charge is 0.495 e. The van der Waals surface area contributed by atoms with Crippen molar-refractivity contribution < 1.29 is 22.7 Å². The number of nitrogens with two attached hydrogens (primary N) is 1. The third-order valence-corrected chi connectivity index (χ3v) is 2.65. The monoisotopic (exact) mass is 311 g/mol. The zero-order chi connectivity index (χ0) is 13.2. The van der Waals surface area contributed by atoms with E-state index in [0.29, 0.717) is 0 Å². The van der Waals surface area contributed by atoms with Crippen molar-refractivity contribution in [2.75, 3.05) is 13.7 Å². The second kappa shape index (κ2) is 5.05. The van der Waals surface area contributed by atoms with Gasteiger partial charge in [-0.1, -0.05) is 0 Å². The highest BCUT2D eigenvalue weighted by molar-refractivity contribution is 9.10. The maximum atomic E-state index is 12.7. The minimum atomic E-state index is -4.60. The van der Waals surface area contributed by atoms with Crippen molar-refractivity contribution in [2.45, 2.75) is 6.18 Å². The van der Waals surface area contributed by atoms with Gasteiger partial charge < -0.3 is 10.5 Å². The van der Waals surface area contributed by atoms with Gasteiger partial charge in [-0.2, -0.15) is 13.2 Å². The molecule has 17 heavy (non-hydrogen) atoms. The first-order chi connectivity index (χ1) is 7.81. The van der Waals surface area contributed by atoms with Crippen LogP contribution in [-0.2, 0) is 6.18 Å². The fourth-order valence-corrected chi connectivity index (χ4v) is 1.91. The molecule has 3 nitrogen and oxygen atoms in total. The molecule has 7 heteroatoms. The summed E-state index contributed by atoms with van der Waals surface area (Å²) in [4.78, 5) is 11.3. The molecule has 1 aromatic carbocycles. The topological polar surface area (TPSA) is 52.3 Å². The highest BCUT2D eigenvalue weighted by Crippen LogP contribution is 2.41. The maximum Gasteiger partial charge on any atom is 0.420 e. The van der Waals surface area contributed by atoms with Gasteiger partial charge in [-0.25, -0.2) is 0 Å². The van der Waals surface area contributed by atoms with E-state index in [0.717, 1.165) is 13.2 Å². The maximum absolute atomic E-state index is 12.7. The lowest BCUT2D eigenvalue weighted by Crippen LogP contribution is -2.16. The molecule has 1 rings (SSSR count). The number of rotatable bonds is 3. The molecule has 0 bridgehead atoms. The first-order valence-corrected chi connectivity index (χ1v) is 5.28. The van der Waals surface area contributed by atoms with Crippen molar-refractivity contribution in [1.82, 2.24) is 0 Å². The molecule has 0 aromatic heterocycles. The van der Waals surface area contributed by atoms with Crippen molar-refractivity contribution >= 4 is 21.7 Å². The van der Waals surface area contributed by atoms with Crippen LogP contribution in [0.3, 0.4) is 0 Å². The number of ketones is 1. The molecule has 0 saturated heterocycles. The van der Waals surface area contributed by atoms with Gasteiger partial charge in [-0.3, -0.25) is 4.79 Å². The predicted octanol–water partition coefficient (Wildman–Crippen LogP) is 2.62. The number of Topliss-reactive ketones (excluding diaryl/α,β-unsaturated/α-hetero) is 1. The Balaban J connectivity index is 3.44. The van der Waals surface area contributed by atoms with Gasteiger partial charge in [0.05, 0.1) is 23.7 Å². The van der Waals surface area contributed by atoms with Crippen LogP contribution >= 0.6 is 15.9 Å². The lowest BCUT2D eigenvalue weighted by Gasteiger charge is -2.14. The van der Waals surface area contributed by atoms with E-state index in [1.54, 1.807) is 0 Å². The number of alkyl halides is 3. The van der Waals surface area contributed by atoms with E-state index in [1.165, 1.54) is 6.07 Å². The normalized spacial score (nSPS) is 11.4. The molecule has 0 radical (unpaired) electrons. The van der Waals surface area contributed by atoms with Crippen LogP contribution in [-0.4, -0.2) is 19.4 Å². The van der Waals surface area contributed by atoms with Crippen molar-refractivity contribution in [3.63, 3.8) is 0 Å². The molecule has 0 amide bonds. The Morgan fingerprint density at radius 2 is 2.06 bits per heavy atom. The standard InChI is InChI=1S/C10H9BrF3NO2/c1-17-9-6(10(12,13)14)2-5(3-7(9)11)8(16)4-15/h2-3H,4,15H2,1H3. The van der Waals surface area contributed by atoms with Crippen LogP contribution in [0.25, 0.3) is 0 Å². The second-order valence-corrected chi connectivity index (χ2v) is 4.02. The molecular formula is C10H9BrF3NO2. The number of ether oxygens (including phenoxy) is 1. The third kappa shape index (κ3) is 2.98. The fraction of sp³-hybridized carbons (Fsp3) is 0.300. The first-order valence-electron chi connectivity index (χ1n) is 4.49. The summed E-state index contributed by atoms with van der Waals surface area (Å²) in [5, 5.41) is 0. The van der Waals surface area contributed by atoms with Crippen LogP contribution in [0.1, 0.15) is 15.9 Å². The molecule has 0 unspecified atom stereocenters. The van der Waals surface area contributed by atoms with Crippen molar-refractivity contribution in [3.8, 4) is 5.75 Å². The van der Waals surface area contributed by atoms with Crippen molar-refractivity contribution in [3.05, 3.63) is 27.7 Å². The molecular weight excluding hydrogens is 303 g/mol. The zero-order valence-electron chi connectivity index (χ0n) is 8.77. The Kier molecular flexibility index (Phi) is 4.16. The summed E-state index contributed by atoms with van der Waals surface area (Å²) in [5.74, 6) is -0.926. The van der Waals surface area contributed by atoms with Gasteiger partial charge in [0.1, 0.15) is 5.75 Å². The van der Waals surface area contributed by atoms with E-state index in [1.807, 2.05) is 0 Å². The minimum absolute atomic E-state index is 0.0617. The SMILES string of the molecule is COc1c(Br)cc(C(=O)CN)cc1C(F)(F)F. The molecule has 94 valence electrons. The van der Waals surface area contributed by atoms with Gasteiger partial charge in [0.15, 0.2) is 5.78 Å². The van der Waals surface area contributed by atoms with Crippen LogP contribution < -0.4 is 10.5 Å². The lowest BCUT2D eigenvalue weighted by atomic mass is 10.1. The van der Waals surface area contributed by atoms with E-state index < -0.39 is 17.5 Å². The molecule has 1 aromatic rings. The van der Waals surface area contributed by atoms with E-state index in [2.05, 4.69) is 20.7 Å². The minimum Gasteiger partial charge on any atom is -0.495 e. The third-order valence-electron chi connectivity index (χ3n) is 2.06. The summed E-state index contributed by atoms with van der Waals surface area (Å²) in [7, 11) is 1.12. The summed E-state index contributed by atoms with van der Waals surface area (Å²) in [6.07, 6.45) is -4.60. The molecule has 0 atom stereocenters. The molecule has 0 spiro atoms. The van der Waals surface area contributed by atoms with Crippen LogP contribution in [0, 0.1) is 0 Å². The zero-order valence-corrected chi connectivity index (χ0v) is 10.4. The average Bonchev–Trinajstić information content (AvgIpc) is 2.25. The smallest absolute Gasteiger partial charge is 0.420 e. The summed E-state index contributed by atoms with van der Waals surface area (Å²) in [5.41, 5.74) is 3.99. The van der Waals surface area contributed by atoms with Crippen LogP contribution in [0.15, 0.2) is 16.6 Å². The quantitative estimate of drug-likeness (QED) is 0.873. The predicted molar refractivity (Wildman–Crippen MR) is 59.1 cm³/mol. The summed E-state index contributed by atoms with van der Waals surface area (Å²) in [6.45, 7) is -0.351. The Morgan fingerprint density at radius 1 is 1.47 bits per heavy atom. The Labute approximate surface area is 104 Å². The Bertz CT molecular complexity index is 446. The fourth-order valence-electron chi connectivity index (χ4n) is 1.29. The van der Waals surface area contributed by atoms with E-state index >= 15 is 0 Å². The number of hydrogen-bond donors (Lipinski definition) is 1. The van der Waals surface area contributed by atoms with Gasteiger partial charge in [-0.05, 0) is 28.1 Å². The van der Waals surface area contributed by atoms with Crippen LogP contribution in [0.5, 0.6) is 5.75 Å². The number of carbonyl (C=O) groups is 1. The van der Waals surface area contributed by atoms with Crippen molar-refractivity contribution in [1.29, 1.82) is 0 Å². The van der Waals surface area contributed by atoms with E-state index in [-0.39, 0.29) is 22.3 Å².